The van der Waals surface area contributed by atoms with Crippen LogP contribution in [-0.4, -0.2) is 24.4 Å². The number of aromatic nitrogens is 1. The lowest BCUT2D eigenvalue weighted by Crippen LogP contribution is -2.31. The molecule has 2 heterocycles. The predicted molar refractivity (Wildman–Crippen MR) is 87.8 cm³/mol. The fourth-order valence-electron chi connectivity index (χ4n) is 3.20. The Hall–Kier alpha value is -1.66. The average Bonchev–Trinajstić information content (AvgIpc) is 3.11. The van der Waals surface area contributed by atoms with Crippen LogP contribution in [0.1, 0.15) is 47.0 Å². The maximum absolute atomic E-state index is 13.2. The SMILES string of the molecule is Cc1cc(C2CCCN2S(=O)(=O)c2cc(C)c(C)cc2C)no1. The van der Waals surface area contributed by atoms with E-state index in [1.165, 1.54) is 0 Å². The number of benzene rings is 1. The van der Waals surface area contributed by atoms with Crippen LogP contribution >= 0.6 is 0 Å². The topological polar surface area (TPSA) is 63.4 Å². The summed E-state index contributed by atoms with van der Waals surface area (Å²) >= 11 is 0. The monoisotopic (exact) mass is 334 g/mol. The van der Waals surface area contributed by atoms with Gasteiger partial charge in [-0.2, -0.15) is 4.31 Å². The number of hydrogen-bond acceptors (Lipinski definition) is 4. The van der Waals surface area contributed by atoms with Gasteiger partial charge in [-0.3, -0.25) is 0 Å². The van der Waals surface area contributed by atoms with Gasteiger partial charge < -0.3 is 4.52 Å². The van der Waals surface area contributed by atoms with Crippen LogP contribution in [0.5, 0.6) is 0 Å². The molecule has 1 unspecified atom stereocenters. The van der Waals surface area contributed by atoms with Gasteiger partial charge in [0.05, 0.1) is 10.9 Å². The van der Waals surface area contributed by atoms with Gasteiger partial charge in [-0.15, -0.1) is 0 Å². The summed E-state index contributed by atoms with van der Waals surface area (Å²) in [5, 5.41) is 4.03. The lowest BCUT2D eigenvalue weighted by atomic mass is 10.1. The first kappa shape index (κ1) is 16.2. The van der Waals surface area contributed by atoms with Crippen molar-refractivity contribution in [1.29, 1.82) is 0 Å². The molecule has 3 rings (SSSR count). The highest BCUT2D eigenvalue weighted by Gasteiger charge is 2.38. The quantitative estimate of drug-likeness (QED) is 0.862. The second-order valence-electron chi connectivity index (χ2n) is 6.34. The Morgan fingerprint density at radius 2 is 1.78 bits per heavy atom. The minimum atomic E-state index is -3.55. The maximum Gasteiger partial charge on any atom is 0.243 e. The number of aryl methyl sites for hydroxylation is 4. The van der Waals surface area contributed by atoms with Gasteiger partial charge in [-0.05, 0) is 63.3 Å². The molecule has 1 aliphatic rings. The summed E-state index contributed by atoms with van der Waals surface area (Å²) in [5.41, 5.74) is 3.58. The molecular weight excluding hydrogens is 312 g/mol. The lowest BCUT2D eigenvalue weighted by molar-refractivity contribution is 0.349. The highest BCUT2D eigenvalue weighted by molar-refractivity contribution is 7.89. The third-order valence-electron chi connectivity index (χ3n) is 4.57. The van der Waals surface area contributed by atoms with E-state index in [9.17, 15) is 8.42 Å². The van der Waals surface area contributed by atoms with Crippen molar-refractivity contribution in [2.75, 3.05) is 6.54 Å². The van der Waals surface area contributed by atoms with Crippen LogP contribution in [0.2, 0.25) is 0 Å². The highest BCUT2D eigenvalue weighted by atomic mass is 32.2. The van der Waals surface area contributed by atoms with E-state index in [1.54, 1.807) is 10.4 Å². The van der Waals surface area contributed by atoms with Gasteiger partial charge in [0.1, 0.15) is 11.5 Å². The number of hydrogen-bond donors (Lipinski definition) is 0. The fourth-order valence-corrected chi connectivity index (χ4v) is 5.17. The van der Waals surface area contributed by atoms with Crippen LogP contribution in [0.3, 0.4) is 0 Å². The van der Waals surface area contributed by atoms with Gasteiger partial charge >= 0.3 is 0 Å². The number of rotatable bonds is 3. The molecule has 0 radical (unpaired) electrons. The molecule has 1 saturated heterocycles. The molecule has 1 fully saturated rings. The molecule has 0 saturated carbocycles. The number of sulfonamides is 1. The van der Waals surface area contributed by atoms with Crippen molar-refractivity contribution in [2.45, 2.75) is 51.5 Å². The first-order valence-electron chi connectivity index (χ1n) is 7.83. The van der Waals surface area contributed by atoms with Crippen molar-refractivity contribution in [3.05, 3.63) is 46.3 Å². The standard InChI is InChI=1S/C17H22N2O3S/c1-11-8-13(3)17(9-12(11)2)23(20,21)19-7-5-6-16(19)15-10-14(4)22-18-15/h8-10,16H,5-7H2,1-4H3. The molecule has 0 amide bonds. The van der Waals surface area contributed by atoms with Gasteiger partial charge in [-0.1, -0.05) is 11.2 Å². The second-order valence-corrected chi connectivity index (χ2v) is 8.20. The molecule has 0 spiro atoms. The third-order valence-corrected chi connectivity index (χ3v) is 6.62. The third kappa shape index (κ3) is 2.81. The van der Waals surface area contributed by atoms with Gasteiger partial charge in [0.25, 0.3) is 0 Å². The Kier molecular flexibility index (Phi) is 4.06. The zero-order valence-corrected chi connectivity index (χ0v) is 14.8. The van der Waals surface area contributed by atoms with E-state index in [4.69, 9.17) is 4.52 Å². The van der Waals surface area contributed by atoms with E-state index in [0.29, 0.717) is 22.9 Å². The van der Waals surface area contributed by atoms with E-state index < -0.39 is 10.0 Å². The summed E-state index contributed by atoms with van der Waals surface area (Å²) in [4.78, 5) is 0.396. The van der Waals surface area contributed by atoms with Crippen LogP contribution in [0.4, 0.5) is 0 Å². The Bertz CT molecular complexity index is 840. The zero-order chi connectivity index (χ0) is 16.8. The molecule has 6 heteroatoms. The molecule has 124 valence electrons. The molecule has 1 aliphatic heterocycles. The second kappa shape index (κ2) is 5.76. The molecule has 5 nitrogen and oxygen atoms in total. The summed E-state index contributed by atoms with van der Waals surface area (Å²) in [7, 11) is -3.55. The van der Waals surface area contributed by atoms with Crippen molar-refractivity contribution in [2.24, 2.45) is 0 Å². The molecule has 0 bridgehead atoms. The predicted octanol–water partition coefficient (Wildman–Crippen LogP) is 3.43. The smallest absolute Gasteiger partial charge is 0.243 e. The van der Waals surface area contributed by atoms with Crippen LogP contribution in [0, 0.1) is 27.7 Å². The van der Waals surface area contributed by atoms with Crippen LogP contribution in [0.15, 0.2) is 27.6 Å². The van der Waals surface area contributed by atoms with Gasteiger partial charge in [0.2, 0.25) is 10.0 Å². The van der Waals surface area contributed by atoms with E-state index in [1.807, 2.05) is 39.8 Å². The van der Waals surface area contributed by atoms with E-state index >= 15 is 0 Å². The Morgan fingerprint density at radius 3 is 2.43 bits per heavy atom. The van der Waals surface area contributed by atoms with Gasteiger partial charge in [0.15, 0.2) is 0 Å². The van der Waals surface area contributed by atoms with Crippen molar-refractivity contribution in [3.8, 4) is 0 Å². The zero-order valence-electron chi connectivity index (χ0n) is 14.0. The molecule has 1 aromatic heterocycles. The van der Waals surface area contributed by atoms with Crippen molar-refractivity contribution in [3.63, 3.8) is 0 Å². The average molecular weight is 334 g/mol. The molecule has 0 aliphatic carbocycles. The first-order chi connectivity index (χ1) is 10.8. The maximum atomic E-state index is 13.2. The van der Waals surface area contributed by atoms with Crippen molar-refractivity contribution >= 4 is 10.0 Å². The molecule has 23 heavy (non-hydrogen) atoms. The summed E-state index contributed by atoms with van der Waals surface area (Å²) in [6, 6.07) is 5.31. The minimum Gasteiger partial charge on any atom is -0.361 e. The molecule has 2 aromatic rings. The summed E-state index contributed by atoms with van der Waals surface area (Å²) in [6.45, 7) is 8.12. The summed E-state index contributed by atoms with van der Waals surface area (Å²) < 4.78 is 33.1. The summed E-state index contributed by atoms with van der Waals surface area (Å²) in [5.74, 6) is 0.701. The molecule has 1 atom stereocenters. The Morgan fingerprint density at radius 1 is 1.09 bits per heavy atom. The Balaban J connectivity index is 2.03. The van der Waals surface area contributed by atoms with Crippen molar-refractivity contribution < 1.29 is 12.9 Å². The van der Waals surface area contributed by atoms with Crippen LogP contribution < -0.4 is 0 Å². The first-order valence-corrected chi connectivity index (χ1v) is 9.27. The molecular formula is C17H22N2O3S. The van der Waals surface area contributed by atoms with E-state index in [-0.39, 0.29) is 6.04 Å². The Labute approximate surface area is 137 Å². The highest BCUT2D eigenvalue weighted by Crippen LogP contribution is 2.37. The summed E-state index contributed by atoms with van der Waals surface area (Å²) in [6.07, 6.45) is 1.61. The number of nitrogens with zero attached hydrogens (tertiary/aromatic N) is 2. The van der Waals surface area contributed by atoms with E-state index in [2.05, 4.69) is 5.16 Å². The minimum absolute atomic E-state index is 0.238. The van der Waals surface area contributed by atoms with Crippen LogP contribution in [0.25, 0.3) is 0 Å². The van der Waals surface area contributed by atoms with Crippen molar-refractivity contribution in [1.82, 2.24) is 9.46 Å². The van der Waals surface area contributed by atoms with Crippen LogP contribution in [-0.2, 0) is 10.0 Å². The molecule has 1 aromatic carbocycles. The lowest BCUT2D eigenvalue weighted by Gasteiger charge is -2.24. The largest absolute Gasteiger partial charge is 0.361 e. The van der Waals surface area contributed by atoms with Gasteiger partial charge in [-0.25, -0.2) is 8.42 Å². The molecule has 0 N–H and O–H groups in total. The van der Waals surface area contributed by atoms with Gasteiger partial charge in [0, 0.05) is 12.6 Å². The van der Waals surface area contributed by atoms with E-state index in [0.717, 1.165) is 29.5 Å². The normalized spacial score (nSPS) is 19.4. The fraction of sp³-hybridized carbons (Fsp3) is 0.471.